The molecule has 0 spiro atoms. The van der Waals surface area contributed by atoms with Crippen LogP contribution in [0, 0.1) is 0 Å². The molecule has 1 amide bonds. The predicted octanol–water partition coefficient (Wildman–Crippen LogP) is 1.47. The molecule has 3 atom stereocenters. The van der Waals surface area contributed by atoms with E-state index in [0.29, 0.717) is 24.6 Å². The average molecular weight is 331 g/mol. The molecule has 0 unspecified atom stereocenters. The second-order valence-corrected chi connectivity index (χ2v) is 6.42. The van der Waals surface area contributed by atoms with Crippen molar-refractivity contribution in [3.8, 4) is 0 Å². The van der Waals surface area contributed by atoms with Crippen LogP contribution in [-0.4, -0.2) is 52.4 Å². The SMILES string of the molecule is C[C@@H]1C[C@H](C(F)(F)F)n2nc([C@@H]3CCN(CC(N)=O)C3)cc2N1. The first-order chi connectivity index (χ1) is 10.7. The van der Waals surface area contributed by atoms with Crippen molar-refractivity contribution in [3.63, 3.8) is 0 Å². The van der Waals surface area contributed by atoms with Gasteiger partial charge >= 0.3 is 6.18 Å². The summed E-state index contributed by atoms with van der Waals surface area (Å²) in [5, 5.41) is 7.28. The highest BCUT2D eigenvalue weighted by molar-refractivity contribution is 5.75. The van der Waals surface area contributed by atoms with Gasteiger partial charge in [0.1, 0.15) is 5.82 Å². The van der Waals surface area contributed by atoms with E-state index in [1.807, 2.05) is 4.90 Å². The molecule has 2 aliphatic heterocycles. The molecule has 23 heavy (non-hydrogen) atoms. The lowest BCUT2D eigenvalue weighted by molar-refractivity contribution is -0.173. The molecule has 2 aliphatic rings. The van der Waals surface area contributed by atoms with Crippen LogP contribution < -0.4 is 11.1 Å². The molecule has 3 heterocycles. The van der Waals surface area contributed by atoms with Crippen LogP contribution in [0.25, 0.3) is 0 Å². The van der Waals surface area contributed by atoms with Crippen molar-refractivity contribution < 1.29 is 18.0 Å². The summed E-state index contributed by atoms with van der Waals surface area (Å²) in [5.74, 6) is 0.0373. The van der Waals surface area contributed by atoms with Crippen molar-refractivity contribution in [1.29, 1.82) is 0 Å². The largest absolute Gasteiger partial charge is 0.410 e. The fourth-order valence-corrected chi connectivity index (χ4v) is 3.41. The number of amides is 1. The molecule has 6 nitrogen and oxygen atoms in total. The molecule has 0 saturated carbocycles. The maximum atomic E-state index is 13.2. The summed E-state index contributed by atoms with van der Waals surface area (Å²) in [5.41, 5.74) is 5.82. The van der Waals surface area contributed by atoms with Gasteiger partial charge in [-0.2, -0.15) is 18.3 Å². The molecule has 0 aliphatic carbocycles. The van der Waals surface area contributed by atoms with E-state index in [0.717, 1.165) is 11.1 Å². The minimum Gasteiger partial charge on any atom is -0.369 e. The predicted molar refractivity (Wildman–Crippen MR) is 78.0 cm³/mol. The maximum absolute atomic E-state index is 13.2. The van der Waals surface area contributed by atoms with E-state index in [9.17, 15) is 18.0 Å². The number of likely N-dealkylation sites (tertiary alicyclic amines) is 1. The summed E-state index contributed by atoms with van der Waals surface area (Å²) in [6.07, 6.45) is -3.59. The van der Waals surface area contributed by atoms with Crippen molar-refractivity contribution in [2.24, 2.45) is 5.73 Å². The third-order valence-corrected chi connectivity index (χ3v) is 4.47. The van der Waals surface area contributed by atoms with Crippen LogP contribution in [0.15, 0.2) is 6.07 Å². The lowest BCUT2D eigenvalue weighted by Crippen LogP contribution is -2.37. The quantitative estimate of drug-likeness (QED) is 0.879. The Morgan fingerprint density at radius 1 is 1.52 bits per heavy atom. The zero-order valence-electron chi connectivity index (χ0n) is 12.8. The fourth-order valence-electron chi connectivity index (χ4n) is 3.41. The average Bonchev–Trinajstić information content (AvgIpc) is 3.01. The highest BCUT2D eigenvalue weighted by Gasteiger charge is 2.45. The monoisotopic (exact) mass is 331 g/mol. The van der Waals surface area contributed by atoms with Gasteiger partial charge in [-0.15, -0.1) is 0 Å². The maximum Gasteiger partial charge on any atom is 0.410 e. The molecule has 0 radical (unpaired) electrons. The number of rotatable bonds is 3. The molecule has 0 bridgehead atoms. The molecule has 1 aromatic heterocycles. The van der Waals surface area contributed by atoms with Crippen LogP contribution in [0.5, 0.6) is 0 Å². The Balaban J connectivity index is 1.80. The van der Waals surface area contributed by atoms with Gasteiger partial charge in [0, 0.05) is 24.6 Å². The molecule has 1 saturated heterocycles. The molecule has 0 aromatic carbocycles. The number of hydrogen-bond acceptors (Lipinski definition) is 4. The van der Waals surface area contributed by atoms with E-state index in [1.165, 1.54) is 0 Å². The van der Waals surface area contributed by atoms with Gasteiger partial charge in [-0.25, -0.2) is 4.68 Å². The van der Waals surface area contributed by atoms with Crippen molar-refractivity contribution in [2.75, 3.05) is 25.0 Å². The Kier molecular flexibility index (Phi) is 3.99. The van der Waals surface area contributed by atoms with Gasteiger partial charge in [0.25, 0.3) is 0 Å². The van der Waals surface area contributed by atoms with Gasteiger partial charge in [0.15, 0.2) is 6.04 Å². The summed E-state index contributed by atoms with van der Waals surface area (Å²) in [4.78, 5) is 12.9. The van der Waals surface area contributed by atoms with Crippen LogP contribution in [0.3, 0.4) is 0 Å². The second kappa shape index (κ2) is 5.70. The topological polar surface area (TPSA) is 76.2 Å². The number of aromatic nitrogens is 2. The lowest BCUT2D eigenvalue weighted by atomic mass is 10.0. The van der Waals surface area contributed by atoms with Gasteiger partial charge in [-0.1, -0.05) is 0 Å². The smallest absolute Gasteiger partial charge is 0.369 e. The number of nitrogens with zero attached hydrogens (tertiary/aromatic N) is 3. The minimum absolute atomic E-state index is 0.0263. The molecular formula is C14H20F3N5O. The molecule has 1 fully saturated rings. The van der Waals surface area contributed by atoms with Crippen molar-refractivity contribution in [3.05, 3.63) is 11.8 Å². The van der Waals surface area contributed by atoms with E-state index in [2.05, 4.69) is 10.4 Å². The molecule has 9 heteroatoms. The van der Waals surface area contributed by atoms with Gasteiger partial charge in [-0.3, -0.25) is 9.69 Å². The van der Waals surface area contributed by atoms with Crippen molar-refractivity contribution in [1.82, 2.24) is 14.7 Å². The zero-order valence-corrected chi connectivity index (χ0v) is 12.8. The number of alkyl halides is 3. The first kappa shape index (κ1) is 16.1. The number of hydrogen-bond donors (Lipinski definition) is 2. The van der Waals surface area contributed by atoms with Crippen LogP contribution in [0.2, 0.25) is 0 Å². The molecule has 1 aromatic rings. The fraction of sp³-hybridized carbons (Fsp3) is 0.714. The van der Waals surface area contributed by atoms with E-state index < -0.39 is 18.1 Å². The standard InChI is InChI=1S/C14H20F3N5O/c1-8-4-11(14(15,16)17)22-13(19-8)5-10(20-22)9-2-3-21(6-9)7-12(18)23/h5,8-9,11,19H,2-4,6-7H2,1H3,(H2,18,23)/t8-,9-,11-/m1/s1. The molecule has 3 rings (SSSR count). The zero-order chi connectivity index (χ0) is 16.8. The van der Waals surface area contributed by atoms with Crippen molar-refractivity contribution in [2.45, 2.75) is 43.9 Å². The van der Waals surface area contributed by atoms with Gasteiger partial charge in [-0.05, 0) is 26.3 Å². The number of anilines is 1. The van der Waals surface area contributed by atoms with Gasteiger partial charge in [0.2, 0.25) is 5.91 Å². The number of nitrogens with one attached hydrogen (secondary N) is 1. The Labute approximate surface area is 131 Å². The third kappa shape index (κ3) is 3.29. The summed E-state index contributed by atoms with van der Waals surface area (Å²) < 4.78 is 40.8. The molecule has 128 valence electrons. The van der Waals surface area contributed by atoms with E-state index in [-0.39, 0.29) is 24.9 Å². The number of nitrogens with two attached hydrogens (primary N) is 1. The normalized spacial score (nSPS) is 28.4. The van der Waals surface area contributed by atoms with E-state index in [4.69, 9.17) is 5.73 Å². The number of primary amides is 1. The summed E-state index contributed by atoms with van der Waals surface area (Å²) >= 11 is 0. The highest BCUT2D eigenvalue weighted by atomic mass is 19.4. The van der Waals surface area contributed by atoms with Gasteiger partial charge < -0.3 is 11.1 Å². The molecule has 3 N–H and O–H groups in total. The number of halogens is 3. The Morgan fingerprint density at radius 3 is 2.91 bits per heavy atom. The van der Waals surface area contributed by atoms with Gasteiger partial charge in [0.05, 0.1) is 12.2 Å². The third-order valence-electron chi connectivity index (χ3n) is 4.47. The van der Waals surface area contributed by atoms with Crippen molar-refractivity contribution >= 4 is 11.7 Å². The summed E-state index contributed by atoms with van der Waals surface area (Å²) in [6.45, 7) is 3.19. The van der Waals surface area contributed by atoms with E-state index >= 15 is 0 Å². The Morgan fingerprint density at radius 2 is 2.26 bits per heavy atom. The van der Waals surface area contributed by atoms with Crippen LogP contribution in [-0.2, 0) is 4.79 Å². The highest BCUT2D eigenvalue weighted by Crippen LogP contribution is 2.40. The molecular weight excluding hydrogens is 311 g/mol. The van der Waals surface area contributed by atoms with Crippen LogP contribution in [0.4, 0.5) is 19.0 Å². The van der Waals surface area contributed by atoms with Crippen LogP contribution >= 0.6 is 0 Å². The number of fused-ring (bicyclic) bond motifs is 1. The first-order valence-electron chi connectivity index (χ1n) is 7.67. The first-order valence-corrected chi connectivity index (χ1v) is 7.67. The summed E-state index contributed by atoms with van der Waals surface area (Å²) in [6, 6.07) is -0.147. The summed E-state index contributed by atoms with van der Waals surface area (Å²) in [7, 11) is 0. The van der Waals surface area contributed by atoms with E-state index in [1.54, 1.807) is 13.0 Å². The number of carbonyl (C=O) groups excluding carboxylic acids is 1. The minimum atomic E-state index is -4.32. The lowest BCUT2D eigenvalue weighted by Gasteiger charge is -2.31. The second-order valence-electron chi connectivity index (χ2n) is 6.42. The number of carbonyl (C=O) groups is 1. The Bertz CT molecular complexity index is 600. The Hall–Kier alpha value is -1.77. The van der Waals surface area contributed by atoms with Crippen LogP contribution in [0.1, 0.15) is 37.4 Å².